The highest BCUT2D eigenvalue weighted by Crippen LogP contribution is 2.34. The molecule has 132 valence electrons. The minimum Gasteiger partial charge on any atom is -0.334 e. The highest BCUT2D eigenvalue weighted by Gasteiger charge is 2.24. The molecule has 0 fully saturated rings. The SMILES string of the molecule is Cc1c(Cl)cccc1Nc1ncnc(Nc2cccc(Cl)c2)c1[N+](=O)[O-]. The van der Waals surface area contributed by atoms with Crippen LogP contribution in [0.5, 0.6) is 0 Å². The van der Waals surface area contributed by atoms with Crippen LogP contribution in [-0.2, 0) is 0 Å². The smallest absolute Gasteiger partial charge is 0.334 e. The second kappa shape index (κ2) is 7.55. The highest BCUT2D eigenvalue weighted by atomic mass is 35.5. The maximum Gasteiger partial charge on any atom is 0.353 e. The van der Waals surface area contributed by atoms with Gasteiger partial charge in [0, 0.05) is 21.4 Å². The third kappa shape index (κ3) is 3.84. The average molecular weight is 390 g/mol. The fourth-order valence-electron chi connectivity index (χ4n) is 2.31. The molecule has 3 aromatic rings. The van der Waals surface area contributed by atoms with E-state index in [1.54, 1.807) is 42.5 Å². The van der Waals surface area contributed by atoms with Gasteiger partial charge in [-0.25, -0.2) is 9.97 Å². The summed E-state index contributed by atoms with van der Waals surface area (Å²) in [7, 11) is 0. The van der Waals surface area contributed by atoms with Gasteiger partial charge in [0.15, 0.2) is 0 Å². The topological polar surface area (TPSA) is 93.0 Å². The van der Waals surface area contributed by atoms with Gasteiger partial charge in [0.25, 0.3) is 0 Å². The predicted molar refractivity (Wildman–Crippen MR) is 103 cm³/mol. The summed E-state index contributed by atoms with van der Waals surface area (Å²) in [6, 6.07) is 12.0. The van der Waals surface area contributed by atoms with Crippen molar-refractivity contribution in [2.45, 2.75) is 6.92 Å². The Balaban J connectivity index is 2.01. The maximum atomic E-state index is 11.6. The van der Waals surface area contributed by atoms with Crippen molar-refractivity contribution in [2.24, 2.45) is 0 Å². The van der Waals surface area contributed by atoms with Gasteiger partial charge in [-0.3, -0.25) is 10.1 Å². The minimum absolute atomic E-state index is 0.0504. The molecule has 0 bridgehead atoms. The number of hydrogen-bond acceptors (Lipinski definition) is 6. The monoisotopic (exact) mass is 389 g/mol. The van der Waals surface area contributed by atoms with E-state index < -0.39 is 4.92 Å². The fourth-order valence-corrected chi connectivity index (χ4v) is 2.67. The number of nitrogens with one attached hydrogen (secondary N) is 2. The van der Waals surface area contributed by atoms with Crippen LogP contribution < -0.4 is 10.6 Å². The molecule has 0 atom stereocenters. The third-order valence-electron chi connectivity index (χ3n) is 3.61. The van der Waals surface area contributed by atoms with Gasteiger partial charge in [0.1, 0.15) is 6.33 Å². The number of aromatic nitrogens is 2. The summed E-state index contributed by atoms with van der Waals surface area (Å²) < 4.78 is 0. The number of rotatable bonds is 5. The number of benzene rings is 2. The third-order valence-corrected chi connectivity index (χ3v) is 4.26. The van der Waals surface area contributed by atoms with Crippen molar-refractivity contribution in [3.05, 3.63) is 74.5 Å². The zero-order chi connectivity index (χ0) is 18.7. The molecule has 2 aromatic carbocycles. The summed E-state index contributed by atoms with van der Waals surface area (Å²) in [5, 5.41) is 18.5. The van der Waals surface area contributed by atoms with Gasteiger partial charge in [-0.1, -0.05) is 35.3 Å². The lowest BCUT2D eigenvalue weighted by atomic mass is 10.2. The van der Waals surface area contributed by atoms with Crippen molar-refractivity contribution in [2.75, 3.05) is 10.6 Å². The summed E-state index contributed by atoms with van der Waals surface area (Å²) in [6.45, 7) is 1.81. The summed E-state index contributed by atoms with van der Waals surface area (Å²) in [6.07, 6.45) is 1.24. The number of nitrogens with zero attached hydrogens (tertiary/aromatic N) is 3. The Morgan fingerprint density at radius 1 is 1.04 bits per heavy atom. The van der Waals surface area contributed by atoms with Crippen LogP contribution in [0.3, 0.4) is 0 Å². The fraction of sp³-hybridized carbons (Fsp3) is 0.0588. The molecule has 0 spiro atoms. The van der Waals surface area contributed by atoms with E-state index in [1.807, 2.05) is 6.92 Å². The van der Waals surface area contributed by atoms with Gasteiger partial charge in [-0.05, 0) is 42.8 Å². The Bertz CT molecular complexity index is 981. The second-order valence-electron chi connectivity index (χ2n) is 5.35. The molecule has 0 aliphatic heterocycles. The second-order valence-corrected chi connectivity index (χ2v) is 6.19. The van der Waals surface area contributed by atoms with E-state index in [-0.39, 0.29) is 17.3 Å². The highest BCUT2D eigenvalue weighted by molar-refractivity contribution is 6.31. The molecule has 0 amide bonds. The molecule has 1 aromatic heterocycles. The maximum absolute atomic E-state index is 11.6. The van der Waals surface area contributed by atoms with Gasteiger partial charge >= 0.3 is 5.69 Å². The largest absolute Gasteiger partial charge is 0.353 e. The van der Waals surface area contributed by atoms with Gasteiger partial charge in [0.05, 0.1) is 4.92 Å². The van der Waals surface area contributed by atoms with Crippen LogP contribution in [-0.4, -0.2) is 14.9 Å². The van der Waals surface area contributed by atoms with Crippen LogP contribution in [0.25, 0.3) is 0 Å². The van der Waals surface area contributed by atoms with Crippen LogP contribution in [0.1, 0.15) is 5.56 Å². The average Bonchev–Trinajstić information content (AvgIpc) is 2.59. The van der Waals surface area contributed by atoms with Crippen LogP contribution in [0.2, 0.25) is 10.0 Å². The van der Waals surface area contributed by atoms with Crippen molar-refractivity contribution >= 4 is 51.9 Å². The van der Waals surface area contributed by atoms with E-state index in [4.69, 9.17) is 23.2 Å². The van der Waals surface area contributed by atoms with Crippen LogP contribution >= 0.6 is 23.2 Å². The first-order chi connectivity index (χ1) is 12.5. The van der Waals surface area contributed by atoms with E-state index in [0.717, 1.165) is 5.56 Å². The number of anilines is 4. The zero-order valence-electron chi connectivity index (χ0n) is 13.5. The molecule has 0 aliphatic carbocycles. The molecular formula is C17H13Cl2N5O2. The van der Waals surface area contributed by atoms with Crippen molar-refractivity contribution in [1.82, 2.24) is 9.97 Å². The van der Waals surface area contributed by atoms with Gasteiger partial charge in [-0.15, -0.1) is 0 Å². The standard InChI is InChI=1S/C17H13Cl2N5O2/c1-10-13(19)6-3-7-14(10)23-17-15(24(25)26)16(20-9-21-17)22-12-5-2-4-11(18)8-12/h2-9H,1H3,(H2,20,21,22,23). The molecule has 26 heavy (non-hydrogen) atoms. The Morgan fingerprint density at radius 3 is 2.42 bits per heavy atom. The van der Waals surface area contributed by atoms with E-state index in [0.29, 0.717) is 21.4 Å². The number of hydrogen-bond donors (Lipinski definition) is 2. The molecule has 9 heteroatoms. The van der Waals surface area contributed by atoms with Crippen molar-refractivity contribution < 1.29 is 4.92 Å². The van der Waals surface area contributed by atoms with Gasteiger partial charge in [-0.2, -0.15) is 0 Å². The molecule has 0 saturated heterocycles. The quantitative estimate of drug-likeness (QED) is 0.442. The van der Waals surface area contributed by atoms with Crippen LogP contribution in [0, 0.1) is 17.0 Å². The Kier molecular flexibility index (Phi) is 5.20. The van der Waals surface area contributed by atoms with Gasteiger partial charge in [0.2, 0.25) is 11.6 Å². The molecule has 7 nitrogen and oxygen atoms in total. The van der Waals surface area contributed by atoms with E-state index in [2.05, 4.69) is 20.6 Å². The Hall–Kier alpha value is -2.90. The molecule has 3 rings (SSSR count). The molecular weight excluding hydrogens is 377 g/mol. The van der Waals surface area contributed by atoms with Crippen molar-refractivity contribution in [3.8, 4) is 0 Å². The number of nitro groups is 1. The normalized spacial score (nSPS) is 10.4. The zero-order valence-corrected chi connectivity index (χ0v) is 15.0. The summed E-state index contributed by atoms with van der Waals surface area (Å²) in [4.78, 5) is 19.1. The Labute approximate surface area is 159 Å². The van der Waals surface area contributed by atoms with Crippen LogP contribution in [0.4, 0.5) is 28.7 Å². The van der Waals surface area contributed by atoms with Crippen molar-refractivity contribution in [1.29, 1.82) is 0 Å². The van der Waals surface area contributed by atoms with Crippen LogP contribution in [0.15, 0.2) is 48.8 Å². The first kappa shape index (κ1) is 17.9. The van der Waals surface area contributed by atoms with Gasteiger partial charge < -0.3 is 10.6 Å². The first-order valence-electron chi connectivity index (χ1n) is 7.50. The molecule has 2 N–H and O–H groups in total. The van der Waals surface area contributed by atoms with E-state index in [9.17, 15) is 10.1 Å². The van der Waals surface area contributed by atoms with E-state index >= 15 is 0 Å². The summed E-state index contributed by atoms with van der Waals surface area (Å²) >= 11 is 12.1. The number of halogens is 2. The lowest BCUT2D eigenvalue weighted by Gasteiger charge is -2.12. The predicted octanol–water partition coefficient (Wildman–Crippen LogP) is 5.49. The van der Waals surface area contributed by atoms with E-state index in [1.165, 1.54) is 6.33 Å². The molecule has 0 unspecified atom stereocenters. The Morgan fingerprint density at radius 2 is 1.73 bits per heavy atom. The lowest BCUT2D eigenvalue weighted by Crippen LogP contribution is -2.06. The molecule has 0 radical (unpaired) electrons. The minimum atomic E-state index is -0.547. The molecule has 0 aliphatic rings. The lowest BCUT2D eigenvalue weighted by molar-refractivity contribution is -0.383. The molecule has 1 heterocycles. The summed E-state index contributed by atoms with van der Waals surface area (Å²) in [5.41, 5.74) is 1.66. The van der Waals surface area contributed by atoms with Crippen molar-refractivity contribution in [3.63, 3.8) is 0 Å². The summed E-state index contributed by atoms with van der Waals surface area (Å²) in [5.74, 6) is 0.106. The molecule has 0 saturated carbocycles. The first-order valence-corrected chi connectivity index (χ1v) is 8.25.